The van der Waals surface area contributed by atoms with E-state index in [2.05, 4.69) is 10.6 Å². The average molecular weight is 486 g/mol. The predicted octanol–water partition coefficient (Wildman–Crippen LogP) is 5.09. The third kappa shape index (κ3) is 6.98. The summed E-state index contributed by atoms with van der Waals surface area (Å²) in [6, 6.07) is 4.51. The Morgan fingerprint density at radius 1 is 0.971 bits per heavy atom. The van der Waals surface area contributed by atoms with Crippen LogP contribution in [0.25, 0.3) is 0 Å². The minimum Gasteiger partial charge on any atom is -0.444 e. The summed E-state index contributed by atoms with van der Waals surface area (Å²) in [6.45, 7) is 11.0. The molecule has 2 aliphatic rings. The fraction of sp³-hybridized carbons (Fsp3) is 0.679. The second-order valence-electron chi connectivity index (χ2n) is 11.2. The molecular formula is C28H43N3O4. The number of carbonyl (C=O) groups is 3. The van der Waals surface area contributed by atoms with Crippen LogP contribution in [0.4, 0.5) is 4.79 Å². The second-order valence-corrected chi connectivity index (χ2v) is 11.2. The molecule has 2 saturated carbocycles. The Morgan fingerprint density at radius 3 is 2.09 bits per heavy atom. The van der Waals surface area contributed by atoms with Gasteiger partial charge in [-0.05, 0) is 90.3 Å². The number of ether oxygens (including phenoxy) is 1. The zero-order valence-electron chi connectivity index (χ0n) is 22.3. The maximum absolute atomic E-state index is 13.9. The van der Waals surface area contributed by atoms with Gasteiger partial charge in [0.25, 0.3) is 0 Å². The highest BCUT2D eigenvalue weighted by Crippen LogP contribution is 2.36. The molecule has 7 heteroatoms. The molecule has 0 aromatic heterocycles. The van der Waals surface area contributed by atoms with Crippen LogP contribution in [0, 0.1) is 13.8 Å². The number of hydrogen-bond acceptors (Lipinski definition) is 4. The highest BCUT2D eigenvalue weighted by Gasteiger charge is 2.42. The van der Waals surface area contributed by atoms with Crippen LogP contribution in [0.5, 0.6) is 0 Å². The van der Waals surface area contributed by atoms with E-state index in [1.54, 1.807) is 32.6 Å². The van der Waals surface area contributed by atoms with Gasteiger partial charge in [-0.15, -0.1) is 0 Å². The first-order valence-electron chi connectivity index (χ1n) is 13.2. The van der Waals surface area contributed by atoms with Crippen molar-refractivity contribution in [1.82, 2.24) is 15.5 Å². The van der Waals surface area contributed by atoms with Crippen molar-refractivity contribution < 1.29 is 19.1 Å². The van der Waals surface area contributed by atoms with E-state index < -0.39 is 23.8 Å². The lowest BCUT2D eigenvalue weighted by atomic mass is 9.86. The van der Waals surface area contributed by atoms with Crippen LogP contribution in [-0.2, 0) is 14.3 Å². The van der Waals surface area contributed by atoms with E-state index in [1.807, 2.05) is 32.0 Å². The molecule has 0 spiro atoms. The van der Waals surface area contributed by atoms with Crippen molar-refractivity contribution in [3.05, 3.63) is 34.9 Å². The molecule has 3 amide bonds. The number of nitrogens with one attached hydrogen (secondary N) is 2. The summed E-state index contributed by atoms with van der Waals surface area (Å²) in [5.41, 5.74) is 2.18. The first-order valence-corrected chi connectivity index (χ1v) is 13.2. The Kier molecular flexibility index (Phi) is 8.84. The molecule has 35 heavy (non-hydrogen) atoms. The van der Waals surface area contributed by atoms with Gasteiger partial charge in [-0.1, -0.05) is 37.5 Å². The number of carbonyl (C=O) groups excluding carboxylic acids is 3. The first kappa shape index (κ1) is 27.0. The van der Waals surface area contributed by atoms with E-state index in [9.17, 15) is 14.4 Å². The summed E-state index contributed by atoms with van der Waals surface area (Å²) < 4.78 is 5.37. The van der Waals surface area contributed by atoms with Crippen molar-refractivity contribution in [2.24, 2.45) is 0 Å². The van der Waals surface area contributed by atoms with E-state index in [4.69, 9.17) is 4.74 Å². The zero-order valence-corrected chi connectivity index (χ0v) is 22.3. The zero-order chi connectivity index (χ0) is 25.8. The van der Waals surface area contributed by atoms with Gasteiger partial charge < -0.3 is 20.3 Å². The topological polar surface area (TPSA) is 87.7 Å². The minimum absolute atomic E-state index is 0.0356. The molecule has 2 N–H and O–H groups in total. The molecule has 2 atom stereocenters. The SMILES string of the molecule is Cc1cccc(C)c1C(C(=O)NC1CCCCC1)N(C(=O)C(C)NC(=O)OC(C)(C)C)C1CCC1. The van der Waals surface area contributed by atoms with Crippen molar-refractivity contribution in [3.8, 4) is 0 Å². The van der Waals surface area contributed by atoms with E-state index in [0.717, 1.165) is 61.6 Å². The van der Waals surface area contributed by atoms with Gasteiger partial charge >= 0.3 is 6.09 Å². The van der Waals surface area contributed by atoms with Gasteiger partial charge in [0, 0.05) is 12.1 Å². The molecule has 0 bridgehead atoms. The summed E-state index contributed by atoms with van der Waals surface area (Å²) >= 11 is 0. The fourth-order valence-corrected chi connectivity index (χ4v) is 5.13. The molecular weight excluding hydrogens is 442 g/mol. The molecule has 3 rings (SSSR count). The van der Waals surface area contributed by atoms with Crippen molar-refractivity contribution in [2.45, 2.75) is 123 Å². The first-order chi connectivity index (χ1) is 16.5. The van der Waals surface area contributed by atoms with Gasteiger partial charge in [-0.3, -0.25) is 9.59 Å². The molecule has 2 aliphatic carbocycles. The molecule has 194 valence electrons. The number of aryl methyl sites for hydroxylation is 2. The molecule has 0 radical (unpaired) electrons. The van der Waals surface area contributed by atoms with Crippen LogP contribution in [0.2, 0.25) is 0 Å². The summed E-state index contributed by atoms with van der Waals surface area (Å²) in [5.74, 6) is -0.383. The van der Waals surface area contributed by atoms with E-state index in [0.29, 0.717) is 0 Å². The standard InChI is InChI=1S/C28H43N3O4/c1-18-12-10-13-19(2)23(18)24(25(32)30-21-14-8-7-9-15-21)31(22-16-11-17-22)26(33)20(3)29-27(34)35-28(4,5)6/h10,12-13,20-22,24H,7-9,11,14-17H2,1-6H3,(H,29,34)(H,30,32). The van der Waals surface area contributed by atoms with E-state index in [-0.39, 0.29) is 23.9 Å². The number of rotatable bonds is 7. The van der Waals surface area contributed by atoms with Crippen LogP contribution in [0.3, 0.4) is 0 Å². The molecule has 0 aliphatic heterocycles. The molecule has 7 nitrogen and oxygen atoms in total. The molecule has 2 unspecified atom stereocenters. The highest BCUT2D eigenvalue weighted by atomic mass is 16.6. The summed E-state index contributed by atoms with van der Waals surface area (Å²) in [7, 11) is 0. The van der Waals surface area contributed by atoms with Gasteiger partial charge in [0.2, 0.25) is 11.8 Å². The Labute approximate surface area is 210 Å². The normalized spacial score (nSPS) is 18.7. The number of benzene rings is 1. The van der Waals surface area contributed by atoms with Gasteiger partial charge in [0.1, 0.15) is 17.7 Å². The van der Waals surface area contributed by atoms with E-state index >= 15 is 0 Å². The quantitative estimate of drug-likeness (QED) is 0.563. The molecule has 1 aromatic rings. The number of nitrogens with zero attached hydrogens (tertiary/aromatic N) is 1. The smallest absolute Gasteiger partial charge is 0.408 e. The molecule has 0 saturated heterocycles. The van der Waals surface area contributed by atoms with Gasteiger partial charge in [-0.25, -0.2) is 4.79 Å². The lowest BCUT2D eigenvalue weighted by Crippen LogP contribution is -2.57. The maximum Gasteiger partial charge on any atom is 0.408 e. The average Bonchev–Trinajstić information content (AvgIpc) is 2.72. The lowest BCUT2D eigenvalue weighted by Gasteiger charge is -2.44. The van der Waals surface area contributed by atoms with Gasteiger partial charge in [0.15, 0.2) is 0 Å². The maximum atomic E-state index is 13.9. The van der Waals surface area contributed by atoms with Gasteiger partial charge in [0.05, 0.1) is 0 Å². The van der Waals surface area contributed by atoms with Crippen molar-refractivity contribution in [1.29, 1.82) is 0 Å². The Hall–Kier alpha value is -2.57. The minimum atomic E-state index is -0.820. The fourth-order valence-electron chi connectivity index (χ4n) is 5.13. The van der Waals surface area contributed by atoms with Crippen molar-refractivity contribution in [2.75, 3.05) is 0 Å². The molecule has 1 aromatic carbocycles. The molecule has 0 heterocycles. The lowest BCUT2D eigenvalue weighted by molar-refractivity contribution is -0.147. The number of amides is 3. The van der Waals surface area contributed by atoms with Crippen molar-refractivity contribution in [3.63, 3.8) is 0 Å². The van der Waals surface area contributed by atoms with Crippen LogP contribution in [0.15, 0.2) is 18.2 Å². The Morgan fingerprint density at radius 2 is 1.57 bits per heavy atom. The highest BCUT2D eigenvalue weighted by molar-refractivity contribution is 5.92. The Bertz CT molecular complexity index is 893. The summed E-state index contributed by atoms with van der Waals surface area (Å²) in [4.78, 5) is 42.0. The summed E-state index contributed by atoms with van der Waals surface area (Å²) in [6.07, 6.45) is 7.45. The summed E-state index contributed by atoms with van der Waals surface area (Å²) in [5, 5.41) is 5.97. The van der Waals surface area contributed by atoms with Crippen LogP contribution in [0.1, 0.15) is 102 Å². The second kappa shape index (κ2) is 11.4. The van der Waals surface area contributed by atoms with Crippen LogP contribution < -0.4 is 10.6 Å². The number of hydrogen-bond donors (Lipinski definition) is 2. The Balaban J connectivity index is 1.94. The van der Waals surface area contributed by atoms with Crippen LogP contribution in [-0.4, -0.2) is 46.5 Å². The molecule has 2 fully saturated rings. The largest absolute Gasteiger partial charge is 0.444 e. The van der Waals surface area contributed by atoms with Crippen molar-refractivity contribution >= 4 is 17.9 Å². The predicted molar refractivity (Wildman–Crippen MR) is 137 cm³/mol. The van der Waals surface area contributed by atoms with Crippen LogP contribution >= 0.6 is 0 Å². The van der Waals surface area contributed by atoms with E-state index in [1.165, 1.54) is 6.42 Å². The monoisotopic (exact) mass is 485 g/mol. The van der Waals surface area contributed by atoms with Gasteiger partial charge in [-0.2, -0.15) is 0 Å². The number of alkyl carbamates (subject to hydrolysis) is 1. The third-order valence-corrected chi connectivity index (χ3v) is 7.12. The third-order valence-electron chi connectivity index (χ3n) is 7.12.